The van der Waals surface area contributed by atoms with E-state index in [1.54, 1.807) is 0 Å². The van der Waals surface area contributed by atoms with Gasteiger partial charge >= 0.3 is 0 Å². The Morgan fingerprint density at radius 3 is 2.88 bits per heavy atom. The fraction of sp³-hybridized carbons (Fsp3) is 0.579. The van der Waals surface area contributed by atoms with Crippen molar-refractivity contribution in [1.29, 1.82) is 0 Å². The van der Waals surface area contributed by atoms with Crippen molar-refractivity contribution in [2.75, 3.05) is 33.2 Å². The Balaban J connectivity index is 1.60. The molecule has 6 heteroatoms. The molecule has 0 radical (unpaired) electrons. The highest BCUT2D eigenvalue weighted by Gasteiger charge is 2.18. The van der Waals surface area contributed by atoms with Gasteiger partial charge in [0, 0.05) is 24.5 Å². The van der Waals surface area contributed by atoms with Gasteiger partial charge in [0.2, 0.25) is 5.89 Å². The lowest BCUT2D eigenvalue weighted by molar-refractivity contribution is 0.218. The molecule has 0 bridgehead atoms. The van der Waals surface area contributed by atoms with E-state index in [0.29, 0.717) is 18.3 Å². The van der Waals surface area contributed by atoms with Crippen LogP contribution in [0.15, 0.2) is 23.1 Å². The first kappa shape index (κ1) is 18.3. The number of hydrogen-bond acceptors (Lipinski definition) is 6. The van der Waals surface area contributed by atoms with Gasteiger partial charge in [0.1, 0.15) is 0 Å². The molecule has 5 nitrogen and oxygen atoms in total. The summed E-state index contributed by atoms with van der Waals surface area (Å²) < 4.78 is 5.95. The first-order chi connectivity index (χ1) is 12.2. The third-order valence-electron chi connectivity index (χ3n) is 4.72. The predicted octanol–water partition coefficient (Wildman–Crippen LogP) is 3.62. The van der Waals surface area contributed by atoms with Crippen LogP contribution < -0.4 is 0 Å². The molecule has 0 amide bonds. The van der Waals surface area contributed by atoms with Crippen molar-refractivity contribution in [3.05, 3.63) is 35.1 Å². The number of fused-ring (bicyclic) bond motifs is 1. The van der Waals surface area contributed by atoms with Crippen molar-refractivity contribution < 1.29 is 4.42 Å². The molecular weight excluding hydrogens is 332 g/mol. The van der Waals surface area contributed by atoms with Gasteiger partial charge in [0.15, 0.2) is 0 Å². The molecule has 136 valence electrons. The van der Waals surface area contributed by atoms with Gasteiger partial charge in [-0.05, 0) is 50.9 Å². The Hall–Kier alpha value is -1.50. The highest BCUT2D eigenvalue weighted by atomic mass is 32.1. The average molecular weight is 361 g/mol. The highest BCUT2D eigenvalue weighted by Crippen LogP contribution is 2.35. The molecule has 0 aliphatic heterocycles. The zero-order valence-electron chi connectivity index (χ0n) is 15.3. The van der Waals surface area contributed by atoms with Crippen molar-refractivity contribution in [3.63, 3.8) is 0 Å². The van der Waals surface area contributed by atoms with Gasteiger partial charge in [-0.2, -0.15) is 0 Å². The van der Waals surface area contributed by atoms with Crippen molar-refractivity contribution in [2.45, 2.75) is 39.2 Å². The number of aryl methyl sites for hydroxylation is 2. The molecule has 0 spiro atoms. The van der Waals surface area contributed by atoms with Crippen molar-refractivity contribution in [2.24, 2.45) is 0 Å². The van der Waals surface area contributed by atoms with Gasteiger partial charge in [0.25, 0.3) is 5.89 Å². The number of aromatic nitrogens is 2. The third-order valence-corrected chi connectivity index (χ3v) is 5.94. The maximum atomic E-state index is 5.95. The van der Waals surface area contributed by atoms with E-state index in [4.69, 9.17) is 4.42 Å². The van der Waals surface area contributed by atoms with Crippen LogP contribution in [0.1, 0.15) is 36.1 Å². The smallest absolute Gasteiger partial charge is 0.257 e. The Morgan fingerprint density at radius 2 is 2.12 bits per heavy atom. The first-order valence-electron chi connectivity index (χ1n) is 9.15. The summed E-state index contributed by atoms with van der Waals surface area (Å²) in [5, 5.41) is 8.55. The van der Waals surface area contributed by atoms with Crippen LogP contribution in [0, 0.1) is 0 Å². The minimum Gasteiger partial charge on any atom is -0.419 e. The molecule has 2 heterocycles. The van der Waals surface area contributed by atoms with E-state index in [9.17, 15) is 0 Å². The monoisotopic (exact) mass is 360 g/mol. The van der Waals surface area contributed by atoms with Gasteiger partial charge in [-0.3, -0.25) is 4.90 Å². The second-order valence-corrected chi connectivity index (χ2v) is 7.82. The number of nitrogens with zero attached hydrogens (tertiary/aromatic N) is 4. The van der Waals surface area contributed by atoms with Crippen LogP contribution in [0.25, 0.3) is 10.8 Å². The van der Waals surface area contributed by atoms with E-state index < -0.39 is 0 Å². The van der Waals surface area contributed by atoms with Gasteiger partial charge < -0.3 is 9.32 Å². The van der Waals surface area contributed by atoms with Crippen LogP contribution in [0.4, 0.5) is 0 Å². The molecule has 1 aliphatic rings. The summed E-state index contributed by atoms with van der Waals surface area (Å²) in [6, 6.07) is 2.25. The molecule has 3 rings (SSSR count). The largest absolute Gasteiger partial charge is 0.419 e. The van der Waals surface area contributed by atoms with E-state index in [-0.39, 0.29) is 0 Å². The molecule has 0 aromatic carbocycles. The Kier molecular flexibility index (Phi) is 6.39. The molecule has 0 N–H and O–H groups in total. The van der Waals surface area contributed by atoms with Crippen LogP contribution in [0.5, 0.6) is 0 Å². The maximum Gasteiger partial charge on any atom is 0.257 e. The summed E-state index contributed by atoms with van der Waals surface area (Å²) >= 11 is 1.82. The molecule has 0 fully saturated rings. The quantitative estimate of drug-likeness (QED) is 0.639. The third kappa shape index (κ3) is 4.77. The lowest BCUT2D eigenvalue weighted by atomic mass is 9.99. The maximum absolute atomic E-state index is 5.95. The lowest BCUT2D eigenvalue weighted by Gasteiger charge is -2.22. The standard InChI is InChI=1S/C19H28N4OS/c1-4-10-22(3)11-12-23(5-2)14-18-20-21-19(24-18)17-13-15-8-6-7-9-16(15)25-17/h4,13H,1,5-12,14H2,2-3H3. The van der Waals surface area contributed by atoms with Crippen LogP contribution in [0.2, 0.25) is 0 Å². The Labute approximate surface area is 154 Å². The average Bonchev–Trinajstić information content (AvgIpc) is 3.25. The van der Waals surface area contributed by atoms with Gasteiger partial charge in [-0.1, -0.05) is 13.0 Å². The van der Waals surface area contributed by atoms with E-state index in [2.05, 4.69) is 46.6 Å². The minimum atomic E-state index is 0.675. The summed E-state index contributed by atoms with van der Waals surface area (Å²) in [6.07, 6.45) is 6.91. The molecule has 0 unspecified atom stereocenters. The second-order valence-electron chi connectivity index (χ2n) is 6.69. The van der Waals surface area contributed by atoms with Crippen molar-refractivity contribution in [3.8, 4) is 10.8 Å². The molecule has 0 saturated carbocycles. The fourth-order valence-electron chi connectivity index (χ4n) is 3.18. The first-order valence-corrected chi connectivity index (χ1v) is 9.97. The molecule has 1 aliphatic carbocycles. The van der Waals surface area contributed by atoms with Crippen LogP contribution in [0.3, 0.4) is 0 Å². The summed E-state index contributed by atoms with van der Waals surface area (Å²) in [4.78, 5) is 7.21. The number of thiophene rings is 1. The highest BCUT2D eigenvalue weighted by molar-refractivity contribution is 7.15. The fourth-order valence-corrected chi connectivity index (χ4v) is 4.35. The van der Waals surface area contributed by atoms with E-state index in [1.165, 1.54) is 36.1 Å². The van der Waals surface area contributed by atoms with E-state index >= 15 is 0 Å². The molecule has 0 atom stereocenters. The second kappa shape index (κ2) is 8.74. The van der Waals surface area contributed by atoms with E-state index in [0.717, 1.165) is 31.1 Å². The molecule has 2 aromatic rings. The van der Waals surface area contributed by atoms with Crippen molar-refractivity contribution >= 4 is 11.3 Å². The number of hydrogen-bond donors (Lipinski definition) is 0. The normalized spacial score (nSPS) is 14.2. The molecule has 2 aromatic heterocycles. The van der Waals surface area contributed by atoms with Crippen LogP contribution in [-0.2, 0) is 19.4 Å². The minimum absolute atomic E-state index is 0.675. The van der Waals surface area contributed by atoms with Crippen molar-refractivity contribution in [1.82, 2.24) is 20.0 Å². The summed E-state index contributed by atoms with van der Waals surface area (Å²) in [7, 11) is 2.11. The number of rotatable bonds is 9. The predicted molar refractivity (Wildman–Crippen MR) is 103 cm³/mol. The van der Waals surface area contributed by atoms with Gasteiger partial charge in [0.05, 0.1) is 11.4 Å². The molecule has 0 saturated heterocycles. The zero-order chi connectivity index (χ0) is 17.6. The summed E-state index contributed by atoms with van der Waals surface area (Å²) in [5.41, 5.74) is 1.48. The molecular formula is C19H28N4OS. The van der Waals surface area contributed by atoms with Gasteiger partial charge in [-0.15, -0.1) is 28.1 Å². The van der Waals surface area contributed by atoms with E-state index in [1.807, 2.05) is 17.4 Å². The Morgan fingerprint density at radius 1 is 1.28 bits per heavy atom. The number of likely N-dealkylation sites (N-methyl/N-ethyl adjacent to an activating group) is 2. The van der Waals surface area contributed by atoms with Crippen LogP contribution >= 0.6 is 11.3 Å². The lowest BCUT2D eigenvalue weighted by Crippen LogP contribution is -2.33. The van der Waals surface area contributed by atoms with Gasteiger partial charge in [-0.25, -0.2) is 0 Å². The summed E-state index contributed by atoms with van der Waals surface area (Å²) in [6.45, 7) is 10.5. The Bertz CT molecular complexity index is 670. The topological polar surface area (TPSA) is 45.4 Å². The zero-order valence-corrected chi connectivity index (χ0v) is 16.1. The van der Waals surface area contributed by atoms with Crippen LogP contribution in [-0.4, -0.2) is 53.2 Å². The summed E-state index contributed by atoms with van der Waals surface area (Å²) in [5.74, 6) is 1.38. The SMILES string of the molecule is C=CCN(C)CCN(CC)Cc1nnc(-c2cc3c(s2)CCCC3)o1. The molecule has 25 heavy (non-hydrogen) atoms.